The summed E-state index contributed by atoms with van der Waals surface area (Å²) in [6.07, 6.45) is 2.54. The Kier molecular flexibility index (Phi) is 3.02. The average Bonchev–Trinajstić information content (AvgIpc) is 2.93. The molecule has 0 atom stereocenters. The van der Waals surface area contributed by atoms with Gasteiger partial charge in [0.15, 0.2) is 12.4 Å². The van der Waals surface area contributed by atoms with Crippen molar-refractivity contribution in [2.24, 2.45) is 0 Å². The van der Waals surface area contributed by atoms with Gasteiger partial charge in [0, 0.05) is 30.4 Å². The summed E-state index contributed by atoms with van der Waals surface area (Å²) < 4.78 is 10.7. The zero-order chi connectivity index (χ0) is 12.4. The van der Waals surface area contributed by atoms with Crippen LogP contribution in [0, 0.1) is 6.92 Å². The lowest BCUT2D eigenvalue weighted by molar-refractivity contribution is 0.240. The number of H-pyrrole nitrogens is 1. The molecule has 18 heavy (non-hydrogen) atoms. The van der Waals surface area contributed by atoms with Crippen molar-refractivity contribution in [3.8, 4) is 5.88 Å². The molecule has 2 aromatic heterocycles. The van der Waals surface area contributed by atoms with Crippen molar-refractivity contribution in [2.45, 2.75) is 39.0 Å². The summed E-state index contributed by atoms with van der Waals surface area (Å²) in [5.41, 5.74) is 1.88. The molecule has 6 heteroatoms. The van der Waals surface area contributed by atoms with Crippen LogP contribution in [0.2, 0.25) is 0 Å². The fourth-order valence-corrected chi connectivity index (χ4v) is 1.66. The second kappa shape index (κ2) is 4.81. The zero-order valence-electron chi connectivity index (χ0n) is 10.3. The van der Waals surface area contributed by atoms with Crippen molar-refractivity contribution in [1.29, 1.82) is 0 Å². The molecule has 1 fully saturated rings. The van der Waals surface area contributed by atoms with Gasteiger partial charge in [-0.25, -0.2) is 0 Å². The Morgan fingerprint density at radius 3 is 3.11 bits per heavy atom. The van der Waals surface area contributed by atoms with Crippen molar-refractivity contribution in [3.05, 3.63) is 29.3 Å². The number of hydrogen-bond acceptors (Lipinski definition) is 5. The quantitative estimate of drug-likeness (QED) is 0.811. The van der Waals surface area contributed by atoms with Crippen molar-refractivity contribution < 1.29 is 9.26 Å². The summed E-state index contributed by atoms with van der Waals surface area (Å²) in [5, 5.41) is 14.2. The van der Waals surface area contributed by atoms with Gasteiger partial charge in [-0.15, -0.1) is 5.10 Å². The van der Waals surface area contributed by atoms with E-state index in [0.717, 1.165) is 17.9 Å². The van der Waals surface area contributed by atoms with Crippen LogP contribution in [0.3, 0.4) is 0 Å². The smallest absolute Gasteiger partial charge is 0.233 e. The van der Waals surface area contributed by atoms with Crippen molar-refractivity contribution in [2.75, 3.05) is 0 Å². The molecule has 96 valence electrons. The third kappa shape index (κ3) is 2.89. The molecule has 1 aliphatic rings. The first-order valence-electron chi connectivity index (χ1n) is 6.12. The highest BCUT2D eigenvalue weighted by atomic mass is 16.5. The Bertz CT molecular complexity index is 516. The fourth-order valence-electron chi connectivity index (χ4n) is 1.66. The summed E-state index contributed by atoms with van der Waals surface area (Å²) in [6.45, 7) is 3.03. The number of ether oxygens (including phenoxy) is 1. The Morgan fingerprint density at radius 1 is 1.50 bits per heavy atom. The van der Waals surface area contributed by atoms with Crippen LogP contribution in [0.1, 0.15) is 30.0 Å². The normalized spacial score (nSPS) is 14.9. The topological polar surface area (TPSA) is 76.0 Å². The molecule has 2 N–H and O–H groups in total. The van der Waals surface area contributed by atoms with Gasteiger partial charge < -0.3 is 14.6 Å². The molecule has 1 aliphatic carbocycles. The molecular formula is C12H16N4O2. The van der Waals surface area contributed by atoms with Crippen molar-refractivity contribution in [1.82, 2.24) is 20.7 Å². The fraction of sp³-hybridized carbons (Fsp3) is 0.500. The van der Waals surface area contributed by atoms with Gasteiger partial charge in [-0.05, 0) is 19.8 Å². The molecular weight excluding hydrogens is 232 g/mol. The molecule has 1 saturated carbocycles. The molecule has 0 aromatic carbocycles. The average molecular weight is 248 g/mol. The van der Waals surface area contributed by atoms with Crippen LogP contribution in [0.4, 0.5) is 0 Å². The summed E-state index contributed by atoms with van der Waals surface area (Å²) in [4.78, 5) is 0. The monoisotopic (exact) mass is 248 g/mol. The molecule has 0 saturated heterocycles. The highest BCUT2D eigenvalue weighted by Crippen LogP contribution is 2.19. The van der Waals surface area contributed by atoms with E-state index in [1.165, 1.54) is 12.8 Å². The minimum absolute atomic E-state index is 0.348. The number of nitrogens with one attached hydrogen (secondary N) is 2. The van der Waals surface area contributed by atoms with E-state index < -0.39 is 0 Å². The van der Waals surface area contributed by atoms with Gasteiger partial charge in [0.1, 0.15) is 0 Å². The maximum absolute atomic E-state index is 5.47. The maximum atomic E-state index is 5.47. The Balaban J connectivity index is 1.49. The molecule has 0 bridgehead atoms. The van der Waals surface area contributed by atoms with E-state index in [0.29, 0.717) is 24.3 Å². The largest absolute Gasteiger partial charge is 0.468 e. The second-order valence-electron chi connectivity index (χ2n) is 4.62. The number of hydrogen-bond donors (Lipinski definition) is 2. The standard InChI is InChI=1S/C12H16N4O2/c1-8-4-12(15-14-8)17-7-11-5-10(16-18-11)6-13-9-2-3-9/h4-5,9,13H,2-3,6-7H2,1H3,(H,14,15). The third-order valence-corrected chi connectivity index (χ3v) is 2.80. The predicted octanol–water partition coefficient (Wildman–Crippen LogP) is 1.54. The summed E-state index contributed by atoms with van der Waals surface area (Å²) in [6, 6.07) is 4.43. The molecule has 0 radical (unpaired) electrons. The van der Waals surface area contributed by atoms with E-state index in [1.807, 2.05) is 19.1 Å². The van der Waals surface area contributed by atoms with Gasteiger partial charge in [-0.3, -0.25) is 5.10 Å². The Hall–Kier alpha value is -1.82. The molecule has 2 heterocycles. The van der Waals surface area contributed by atoms with Crippen LogP contribution in [-0.4, -0.2) is 21.4 Å². The van der Waals surface area contributed by atoms with Gasteiger partial charge in [-0.1, -0.05) is 5.16 Å². The van der Waals surface area contributed by atoms with E-state index in [2.05, 4.69) is 20.7 Å². The zero-order valence-corrected chi connectivity index (χ0v) is 10.3. The first-order valence-corrected chi connectivity index (χ1v) is 6.12. The lowest BCUT2D eigenvalue weighted by Gasteiger charge is -1.97. The van der Waals surface area contributed by atoms with Crippen LogP contribution >= 0.6 is 0 Å². The number of nitrogens with zero attached hydrogens (tertiary/aromatic N) is 2. The Labute approximate surface area is 105 Å². The van der Waals surface area contributed by atoms with E-state index in [4.69, 9.17) is 9.26 Å². The summed E-state index contributed by atoms with van der Waals surface area (Å²) in [7, 11) is 0. The van der Waals surface area contributed by atoms with Crippen LogP contribution in [0.25, 0.3) is 0 Å². The van der Waals surface area contributed by atoms with Crippen LogP contribution in [0.15, 0.2) is 16.7 Å². The van der Waals surface area contributed by atoms with Crippen LogP contribution < -0.4 is 10.1 Å². The molecule has 0 amide bonds. The third-order valence-electron chi connectivity index (χ3n) is 2.80. The van der Waals surface area contributed by atoms with Gasteiger partial charge in [0.05, 0.1) is 5.69 Å². The minimum atomic E-state index is 0.348. The minimum Gasteiger partial charge on any atom is -0.468 e. The molecule has 0 aliphatic heterocycles. The van der Waals surface area contributed by atoms with E-state index in [1.54, 1.807) is 0 Å². The lowest BCUT2D eigenvalue weighted by atomic mass is 10.3. The highest BCUT2D eigenvalue weighted by Gasteiger charge is 2.20. The van der Waals surface area contributed by atoms with E-state index in [-0.39, 0.29) is 0 Å². The van der Waals surface area contributed by atoms with Crippen molar-refractivity contribution >= 4 is 0 Å². The second-order valence-corrected chi connectivity index (χ2v) is 4.62. The van der Waals surface area contributed by atoms with Gasteiger partial charge >= 0.3 is 0 Å². The molecule has 6 nitrogen and oxygen atoms in total. The molecule has 0 spiro atoms. The summed E-state index contributed by atoms with van der Waals surface area (Å²) >= 11 is 0. The lowest BCUT2D eigenvalue weighted by Crippen LogP contribution is -2.15. The van der Waals surface area contributed by atoms with E-state index >= 15 is 0 Å². The first kappa shape index (κ1) is 11.3. The number of aryl methyl sites for hydroxylation is 1. The molecule has 2 aromatic rings. The Morgan fingerprint density at radius 2 is 2.39 bits per heavy atom. The number of aromatic nitrogens is 3. The number of aromatic amines is 1. The van der Waals surface area contributed by atoms with Crippen LogP contribution in [-0.2, 0) is 13.2 Å². The highest BCUT2D eigenvalue weighted by molar-refractivity contribution is 5.13. The van der Waals surface area contributed by atoms with E-state index in [9.17, 15) is 0 Å². The number of rotatable bonds is 6. The predicted molar refractivity (Wildman–Crippen MR) is 64.0 cm³/mol. The molecule has 3 rings (SSSR count). The van der Waals surface area contributed by atoms with Gasteiger partial charge in [0.25, 0.3) is 0 Å². The molecule has 0 unspecified atom stereocenters. The van der Waals surface area contributed by atoms with Gasteiger partial charge in [-0.2, -0.15) is 0 Å². The summed E-state index contributed by atoms with van der Waals surface area (Å²) in [5.74, 6) is 1.28. The first-order chi connectivity index (χ1) is 8.79. The maximum Gasteiger partial charge on any atom is 0.233 e. The van der Waals surface area contributed by atoms with Crippen LogP contribution in [0.5, 0.6) is 5.88 Å². The van der Waals surface area contributed by atoms with Gasteiger partial charge in [0.2, 0.25) is 5.88 Å². The SMILES string of the molecule is Cc1cc(OCc2cc(CNC3CC3)no2)n[nH]1. The van der Waals surface area contributed by atoms with Crippen molar-refractivity contribution in [3.63, 3.8) is 0 Å².